The van der Waals surface area contributed by atoms with E-state index >= 15 is 0 Å². The van der Waals surface area contributed by atoms with Crippen LogP contribution in [0.25, 0.3) is 0 Å². The van der Waals surface area contributed by atoms with E-state index in [-0.39, 0.29) is 0 Å². The Morgan fingerprint density at radius 1 is 1.50 bits per heavy atom. The maximum atomic E-state index is 3.44. The van der Waals surface area contributed by atoms with Crippen LogP contribution < -0.4 is 5.32 Å². The molecule has 3 heteroatoms. The average molecular weight is 188 g/mol. The van der Waals surface area contributed by atoms with Gasteiger partial charge in [-0.05, 0) is 12.8 Å². The van der Waals surface area contributed by atoms with Crippen molar-refractivity contribution in [1.82, 2.24) is 9.62 Å². The van der Waals surface area contributed by atoms with Crippen molar-refractivity contribution in [2.75, 3.05) is 25.4 Å². The molecule has 1 fully saturated rings. The van der Waals surface area contributed by atoms with E-state index in [9.17, 15) is 0 Å². The van der Waals surface area contributed by atoms with Gasteiger partial charge in [0, 0.05) is 31.4 Å². The van der Waals surface area contributed by atoms with E-state index in [2.05, 4.69) is 23.5 Å². The molecule has 1 N–H and O–H groups in total. The summed E-state index contributed by atoms with van der Waals surface area (Å²) < 4.78 is 2.56. The first-order chi connectivity index (χ1) is 5.88. The predicted octanol–water partition coefficient (Wildman–Crippen LogP) is 1.73. The quantitative estimate of drug-likeness (QED) is 0.676. The molecule has 0 radical (unpaired) electrons. The molecule has 1 rings (SSSR count). The molecule has 12 heavy (non-hydrogen) atoms. The molecule has 0 aromatic carbocycles. The molecule has 2 nitrogen and oxygen atoms in total. The van der Waals surface area contributed by atoms with Crippen LogP contribution in [0.1, 0.15) is 26.7 Å². The summed E-state index contributed by atoms with van der Waals surface area (Å²) in [7, 11) is 0. The predicted molar refractivity (Wildman–Crippen MR) is 56.4 cm³/mol. The van der Waals surface area contributed by atoms with Crippen LogP contribution in [0.3, 0.4) is 0 Å². The van der Waals surface area contributed by atoms with E-state index in [0.717, 1.165) is 12.6 Å². The Kier molecular flexibility index (Phi) is 5.04. The zero-order valence-electron chi connectivity index (χ0n) is 8.18. The van der Waals surface area contributed by atoms with E-state index in [1.807, 2.05) is 11.9 Å². The zero-order valence-corrected chi connectivity index (χ0v) is 8.99. The summed E-state index contributed by atoms with van der Waals surface area (Å²) in [6.07, 6.45) is 2.55. The molecule has 0 aliphatic carbocycles. The van der Waals surface area contributed by atoms with Gasteiger partial charge in [-0.1, -0.05) is 25.8 Å². The third-order valence-corrected chi connectivity index (χ3v) is 3.63. The van der Waals surface area contributed by atoms with Crippen molar-refractivity contribution >= 4 is 11.9 Å². The molecule has 0 bridgehead atoms. The highest BCUT2D eigenvalue weighted by molar-refractivity contribution is 7.97. The summed E-state index contributed by atoms with van der Waals surface area (Å²) >= 11 is 2.02. The lowest BCUT2D eigenvalue weighted by Gasteiger charge is -2.34. The fourth-order valence-electron chi connectivity index (χ4n) is 1.47. The Morgan fingerprint density at radius 2 is 2.33 bits per heavy atom. The number of hydrogen-bond donors (Lipinski definition) is 1. The molecular weight excluding hydrogens is 168 g/mol. The molecule has 0 saturated carbocycles. The van der Waals surface area contributed by atoms with Crippen molar-refractivity contribution in [3.05, 3.63) is 0 Å². The van der Waals surface area contributed by atoms with Gasteiger partial charge < -0.3 is 5.32 Å². The molecule has 0 spiro atoms. The Hall–Kier alpha value is 0.270. The molecule has 1 aliphatic rings. The number of rotatable bonds is 4. The van der Waals surface area contributed by atoms with Crippen LogP contribution in [0, 0.1) is 0 Å². The maximum Gasteiger partial charge on any atom is 0.0325 e. The first-order valence-corrected chi connectivity index (χ1v) is 5.93. The Labute approximate surface area is 80.2 Å². The molecule has 0 amide bonds. The molecule has 1 atom stereocenters. The lowest BCUT2D eigenvalue weighted by molar-refractivity contribution is 0.284. The van der Waals surface area contributed by atoms with Crippen molar-refractivity contribution in [2.45, 2.75) is 32.7 Å². The number of nitrogens with zero attached hydrogens (tertiary/aromatic N) is 1. The van der Waals surface area contributed by atoms with Gasteiger partial charge in [0.25, 0.3) is 0 Å². The monoisotopic (exact) mass is 188 g/mol. The van der Waals surface area contributed by atoms with Crippen molar-refractivity contribution < 1.29 is 0 Å². The standard InChI is InChI=1S/C9H20N2S/c1-3-7-12-11-6-5-10-8-9(11)4-2/h9-10H,3-8H2,1-2H3. The highest BCUT2D eigenvalue weighted by Gasteiger charge is 2.19. The summed E-state index contributed by atoms with van der Waals surface area (Å²) in [4.78, 5) is 0. The average Bonchev–Trinajstić information content (AvgIpc) is 2.15. The van der Waals surface area contributed by atoms with E-state index in [0.29, 0.717) is 0 Å². The Balaban J connectivity index is 2.26. The van der Waals surface area contributed by atoms with Crippen molar-refractivity contribution in [1.29, 1.82) is 0 Å². The lowest BCUT2D eigenvalue weighted by atomic mass is 10.2. The number of hydrogen-bond acceptors (Lipinski definition) is 3. The van der Waals surface area contributed by atoms with Gasteiger partial charge in [0.2, 0.25) is 0 Å². The van der Waals surface area contributed by atoms with Crippen LogP contribution in [-0.4, -0.2) is 35.7 Å². The van der Waals surface area contributed by atoms with Crippen LogP contribution in [0.2, 0.25) is 0 Å². The highest BCUT2D eigenvalue weighted by atomic mass is 32.2. The van der Waals surface area contributed by atoms with Gasteiger partial charge in [-0.25, -0.2) is 4.31 Å². The van der Waals surface area contributed by atoms with Crippen molar-refractivity contribution in [2.24, 2.45) is 0 Å². The molecule has 72 valence electrons. The Morgan fingerprint density at radius 3 is 3.00 bits per heavy atom. The topological polar surface area (TPSA) is 15.3 Å². The largest absolute Gasteiger partial charge is 0.314 e. The smallest absolute Gasteiger partial charge is 0.0325 e. The van der Waals surface area contributed by atoms with Gasteiger partial charge in [-0.3, -0.25) is 0 Å². The summed E-state index contributed by atoms with van der Waals surface area (Å²) in [6.45, 7) is 8.07. The van der Waals surface area contributed by atoms with Crippen LogP contribution >= 0.6 is 11.9 Å². The summed E-state index contributed by atoms with van der Waals surface area (Å²) in [5, 5.41) is 3.44. The fraction of sp³-hybridized carbons (Fsp3) is 1.00. The molecule has 0 aromatic heterocycles. The SMILES string of the molecule is CCCSN1CCNCC1CC. The van der Waals surface area contributed by atoms with Crippen LogP contribution in [0.4, 0.5) is 0 Å². The van der Waals surface area contributed by atoms with E-state index in [1.54, 1.807) is 0 Å². The lowest BCUT2D eigenvalue weighted by Crippen LogP contribution is -2.47. The van der Waals surface area contributed by atoms with Crippen molar-refractivity contribution in [3.63, 3.8) is 0 Å². The van der Waals surface area contributed by atoms with Gasteiger partial charge in [0.05, 0.1) is 0 Å². The molecule has 1 saturated heterocycles. The highest BCUT2D eigenvalue weighted by Crippen LogP contribution is 2.18. The minimum absolute atomic E-state index is 0.760. The van der Waals surface area contributed by atoms with E-state index in [1.165, 1.54) is 31.7 Å². The molecule has 1 heterocycles. The molecule has 0 aromatic rings. The number of piperazine rings is 1. The Bertz CT molecular complexity index is 119. The summed E-state index contributed by atoms with van der Waals surface area (Å²) in [6, 6.07) is 0.760. The second-order valence-corrected chi connectivity index (χ2v) is 4.38. The summed E-state index contributed by atoms with van der Waals surface area (Å²) in [5.74, 6) is 1.27. The molecule has 1 unspecified atom stereocenters. The van der Waals surface area contributed by atoms with Crippen LogP contribution in [-0.2, 0) is 0 Å². The van der Waals surface area contributed by atoms with Crippen molar-refractivity contribution in [3.8, 4) is 0 Å². The van der Waals surface area contributed by atoms with Crippen LogP contribution in [0.5, 0.6) is 0 Å². The van der Waals surface area contributed by atoms with Gasteiger partial charge in [-0.2, -0.15) is 0 Å². The zero-order chi connectivity index (χ0) is 8.81. The van der Waals surface area contributed by atoms with Gasteiger partial charge in [0.15, 0.2) is 0 Å². The van der Waals surface area contributed by atoms with E-state index < -0.39 is 0 Å². The van der Waals surface area contributed by atoms with Gasteiger partial charge in [0.1, 0.15) is 0 Å². The van der Waals surface area contributed by atoms with E-state index in [4.69, 9.17) is 0 Å². The summed E-state index contributed by atoms with van der Waals surface area (Å²) in [5.41, 5.74) is 0. The first-order valence-electron chi connectivity index (χ1n) is 4.98. The normalized spacial score (nSPS) is 26.0. The first kappa shape index (κ1) is 10.4. The minimum atomic E-state index is 0.760. The second kappa shape index (κ2) is 5.84. The fourth-order valence-corrected chi connectivity index (χ4v) is 2.54. The van der Waals surface area contributed by atoms with Gasteiger partial charge >= 0.3 is 0 Å². The third-order valence-electron chi connectivity index (χ3n) is 2.23. The third kappa shape index (κ3) is 2.96. The minimum Gasteiger partial charge on any atom is -0.314 e. The van der Waals surface area contributed by atoms with Crippen LogP contribution in [0.15, 0.2) is 0 Å². The molecule has 1 aliphatic heterocycles. The number of nitrogens with one attached hydrogen (secondary N) is 1. The second-order valence-electron chi connectivity index (χ2n) is 3.24. The van der Waals surface area contributed by atoms with Gasteiger partial charge in [-0.15, -0.1) is 0 Å². The molecular formula is C9H20N2S. The maximum absolute atomic E-state index is 3.44.